The lowest BCUT2D eigenvalue weighted by Gasteiger charge is -2.34. The van der Waals surface area contributed by atoms with Gasteiger partial charge < -0.3 is 15.4 Å². The molecule has 126 valence electrons. The number of carbonyl (C=O) groups is 1. The van der Waals surface area contributed by atoms with E-state index < -0.39 is 23.9 Å². The summed E-state index contributed by atoms with van der Waals surface area (Å²) in [6, 6.07) is 2.82. The summed E-state index contributed by atoms with van der Waals surface area (Å²) >= 11 is 0. The Morgan fingerprint density at radius 1 is 1.43 bits per heavy atom. The van der Waals surface area contributed by atoms with E-state index >= 15 is 0 Å². The van der Waals surface area contributed by atoms with Crippen LogP contribution in [0.2, 0.25) is 0 Å². The van der Waals surface area contributed by atoms with E-state index in [0.717, 1.165) is 0 Å². The number of ether oxygens (including phenoxy) is 1. The zero-order chi connectivity index (χ0) is 16.9. The highest BCUT2D eigenvalue weighted by atomic mass is 19.3. The quantitative estimate of drug-likeness (QED) is 0.808. The number of carbonyl (C=O) groups excluding carboxylic acids is 1. The molecule has 0 aliphatic heterocycles. The molecule has 0 atom stereocenters. The molecule has 0 radical (unpaired) electrons. The van der Waals surface area contributed by atoms with Gasteiger partial charge in [0.15, 0.2) is 0 Å². The molecule has 2 amide bonds. The first kappa shape index (κ1) is 17.1. The van der Waals surface area contributed by atoms with Crippen molar-refractivity contribution in [3.8, 4) is 5.88 Å². The van der Waals surface area contributed by atoms with Gasteiger partial charge in [0, 0.05) is 44.6 Å². The Labute approximate surface area is 131 Å². The van der Waals surface area contributed by atoms with E-state index in [2.05, 4.69) is 22.2 Å². The molecule has 1 aliphatic carbocycles. The largest absolute Gasteiger partial charge is 0.474 e. The van der Waals surface area contributed by atoms with E-state index in [1.807, 2.05) is 0 Å². The van der Waals surface area contributed by atoms with Crippen molar-refractivity contribution in [3.63, 3.8) is 0 Å². The van der Waals surface area contributed by atoms with Gasteiger partial charge in [0.25, 0.3) is 5.92 Å². The minimum atomic E-state index is -2.65. The molecule has 0 spiro atoms. The van der Waals surface area contributed by atoms with Gasteiger partial charge in [0.05, 0.1) is 5.83 Å². The van der Waals surface area contributed by atoms with E-state index in [1.54, 1.807) is 12.1 Å². The van der Waals surface area contributed by atoms with E-state index in [0.29, 0.717) is 5.56 Å². The van der Waals surface area contributed by atoms with Crippen molar-refractivity contribution >= 4 is 6.03 Å². The van der Waals surface area contributed by atoms with Gasteiger partial charge in [-0.3, -0.25) is 0 Å². The second kappa shape index (κ2) is 7.34. The number of halogens is 3. The fourth-order valence-electron chi connectivity index (χ4n) is 2.04. The second-order valence-corrected chi connectivity index (χ2v) is 5.38. The lowest BCUT2D eigenvalue weighted by molar-refractivity contribution is -0.135. The summed E-state index contributed by atoms with van der Waals surface area (Å²) in [7, 11) is 0. The summed E-state index contributed by atoms with van der Waals surface area (Å²) in [4.78, 5) is 15.4. The molecule has 5 nitrogen and oxygen atoms in total. The van der Waals surface area contributed by atoms with E-state index in [1.165, 1.54) is 6.20 Å². The summed E-state index contributed by atoms with van der Waals surface area (Å²) in [6.07, 6.45) is 0.400. The molecule has 2 rings (SSSR count). The Hall–Kier alpha value is -2.25. The molecular weight excluding hydrogens is 311 g/mol. The second-order valence-electron chi connectivity index (χ2n) is 5.38. The van der Waals surface area contributed by atoms with Gasteiger partial charge in [-0.05, 0) is 11.6 Å². The first-order chi connectivity index (χ1) is 10.8. The standard InChI is InChI=1S/C15H18F3N3O2/c1-10(16)2-4-20-14(22)21-9-11-3-5-19-13(6-11)23-12-7-15(17,18)8-12/h3,5-6,12H,1-2,4,7-9H2,(H2,20,21,22). The SMILES string of the molecule is C=C(F)CCNC(=O)NCc1ccnc(OC2CC(F)(F)C2)c1. The van der Waals surface area contributed by atoms with Crippen LogP contribution in [0, 0.1) is 0 Å². The van der Waals surface area contributed by atoms with Crippen LogP contribution in [0.25, 0.3) is 0 Å². The van der Waals surface area contributed by atoms with E-state index in [9.17, 15) is 18.0 Å². The molecule has 0 saturated heterocycles. The molecule has 8 heteroatoms. The first-order valence-corrected chi connectivity index (χ1v) is 7.18. The number of rotatable bonds is 7. The molecule has 23 heavy (non-hydrogen) atoms. The number of hydrogen-bond acceptors (Lipinski definition) is 3. The molecule has 1 heterocycles. The topological polar surface area (TPSA) is 63.2 Å². The molecule has 0 bridgehead atoms. The van der Waals surface area contributed by atoms with Crippen molar-refractivity contribution in [2.45, 2.75) is 37.8 Å². The fourth-order valence-corrected chi connectivity index (χ4v) is 2.04. The van der Waals surface area contributed by atoms with Gasteiger partial charge in [-0.1, -0.05) is 6.58 Å². The van der Waals surface area contributed by atoms with Crippen molar-refractivity contribution < 1.29 is 22.7 Å². The number of alkyl halides is 2. The highest BCUT2D eigenvalue weighted by molar-refractivity contribution is 5.73. The third kappa shape index (κ3) is 5.80. The molecule has 1 aromatic heterocycles. The van der Waals surface area contributed by atoms with Crippen LogP contribution in [0.1, 0.15) is 24.8 Å². The van der Waals surface area contributed by atoms with Gasteiger partial charge in [-0.2, -0.15) is 0 Å². The monoisotopic (exact) mass is 329 g/mol. The number of urea groups is 1. The Bertz CT molecular complexity index is 573. The number of hydrogen-bond donors (Lipinski definition) is 2. The zero-order valence-corrected chi connectivity index (χ0v) is 12.4. The van der Waals surface area contributed by atoms with E-state index in [4.69, 9.17) is 4.74 Å². The minimum Gasteiger partial charge on any atom is -0.474 e. The van der Waals surface area contributed by atoms with Crippen molar-refractivity contribution in [2.24, 2.45) is 0 Å². The third-order valence-corrected chi connectivity index (χ3v) is 3.27. The van der Waals surface area contributed by atoms with Crippen molar-refractivity contribution in [2.75, 3.05) is 6.54 Å². The third-order valence-electron chi connectivity index (χ3n) is 3.27. The molecule has 1 aromatic rings. The van der Waals surface area contributed by atoms with Gasteiger partial charge >= 0.3 is 6.03 Å². The molecule has 2 N–H and O–H groups in total. The molecular formula is C15H18F3N3O2. The maximum Gasteiger partial charge on any atom is 0.315 e. The Morgan fingerprint density at radius 2 is 2.17 bits per heavy atom. The average molecular weight is 329 g/mol. The van der Waals surface area contributed by atoms with E-state index in [-0.39, 0.29) is 38.2 Å². The Balaban J connectivity index is 1.74. The maximum absolute atomic E-state index is 12.7. The smallest absolute Gasteiger partial charge is 0.315 e. The lowest BCUT2D eigenvalue weighted by atomic mass is 9.91. The number of amides is 2. The zero-order valence-electron chi connectivity index (χ0n) is 12.4. The molecule has 1 aliphatic rings. The summed E-state index contributed by atoms with van der Waals surface area (Å²) < 4.78 is 43.2. The normalized spacial score (nSPS) is 16.3. The predicted molar refractivity (Wildman–Crippen MR) is 77.9 cm³/mol. The van der Waals surface area contributed by atoms with Crippen molar-refractivity contribution in [1.82, 2.24) is 15.6 Å². The van der Waals surface area contributed by atoms with Crippen LogP contribution in [0.3, 0.4) is 0 Å². The Kier molecular flexibility index (Phi) is 5.46. The first-order valence-electron chi connectivity index (χ1n) is 7.18. The summed E-state index contributed by atoms with van der Waals surface area (Å²) in [5.74, 6) is -2.89. The van der Waals surface area contributed by atoms with Crippen LogP contribution in [-0.4, -0.2) is 29.6 Å². The number of nitrogens with zero attached hydrogens (tertiary/aromatic N) is 1. The van der Waals surface area contributed by atoms with Gasteiger partial charge in [-0.25, -0.2) is 22.9 Å². The van der Waals surface area contributed by atoms with Crippen LogP contribution in [-0.2, 0) is 6.54 Å². The summed E-state index contributed by atoms with van der Waals surface area (Å²) in [6.45, 7) is 3.46. The van der Waals surface area contributed by atoms with Crippen LogP contribution < -0.4 is 15.4 Å². The van der Waals surface area contributed by atoms with Crippen molar-refractivity contribution in [1.29, 1.82) is 0 Å². The Morgan fingerprint density at radius 3 is 2.83 bits per heavy atom. The van der Waals surface area contributed by atoms with Gasteiger partial charge in [0.2, 0.25) is 5.88 Å². The van der Waals surface area contributed by atoms with Crippen LogP contribution in [0.5, 0.6) is 5.88 Å². The minimum absolute atomic E-state index is 0.0622. The van der Waals surface area contributed by atoms with Gasteiger partial charge in [-0.15, -0.1) is 0 Å². The maximum atomic E-state index is 12.7. The molecule has 0 unspecified atom stereocenters. The highest BCUT2D eigenvalue weighted by Gasteiger charge is 2.47. The molecule has 1 saturated carbocycles. The number of nitrogens with one attached hydrogen (secondary N) is 2. The number of aromatic nitrogens is 1. The van der Waals surface area contributed by atoms with Crippen LogP contribution in [0.4, 0.5) is 18.0 Å². The lowest BCUT2D eigenvalue weighted by Crippen LogP contribution is -2.43. The predicted octanol–water partition coefficient (Wildman–Crippen LogP) is 2.93. The fraction of sp³-hybridized carbons (Fsp3) is 0.467. The number of pyridine rings is 1. The highest BCUT2D eigenvalue weighted by Crippen LogP contribution is 2.39. The molecule has 1 fully saturated rings. The molecule has 0 aromatic carbocycles. The van der Waals surface area contributed by atoms with Crippen molar-refractivity contribution in [3.05, 3.63) is 36.3 Å². The van der Waals surface area contributed by atoms with Gasteiger partial charge in [0.1, 0.15) is 6.10 Å². The van der Waals surface area contributed by atoms with Crippen LogP contribution >= 0.6 is 0 Å². The van der Waals surface area contributed by atoms with Crippen LogP contribution in [0.15, 0.2) is 30.7 Å². The summed E-state index contributed by atoms with van der Waals surface area (Å²) in [5.41, 5.74) is 0.714. The average Bonchev–Trinajstić information content (AvgIpc) is 2.43. The summed E-state index contributed by atoms with van der Waals surface area (Å²) in [5, 5.41) is 5.07.